The Morgan fingerprint density at radius 3 is 1.57 bits per heavy atom. The minimum atomic E-state index is 0.316. The third-order valence-corrected chi connectivity index (χ3v) is 12.1. The van der Waals surface area contributed by atoms with Crippen LogP contribution in [0.1, 0.15) is 39.0 Å². The maximum atomic E-state index is 4.71. The van der Waals surface area contributed by atoms with Crippen molar-refractivity contribution in [1.82, 2.24) is 0 Å². The molecule has 2 aliphatic rings. The van der Waals surface area contributed by atoms with Crippen molar-refractivity contribution in [2.24, 2.45) is 0 Å². The lowest BCUT2D eigenvalue weighted by atomic mass is 10.4. The highest BCUT2D eigenvalue weighted by Crippen LogP contribution is 2.71. The van der Waals surface area contributed by atoms with E-state index in [-0.39, 0.29) is 0 Å². The summed E-state index contributed by atoms with van der Waals surface area (Å²) < 4.78 is 0. The van der Waals surface area contributed by atoms with E-state index >= 15 is 0 Å². The van der Waals surface area contributed by atoms with Crippen LogP contribution in [0.15, 0.2) is 0 Å². The first-order chi connectivity index (χ1) is 6.77. The van der Waals surface area contributed by atoms with E-state index in [2.05, 4.69) is 6.92 Å². The Kier molecular flexibility index (Phi) is 3.89. The molecule has 0 aromatic heterocycles. The van der Waals surface area contributed by atoms with Crippen LogP contribution in [0.4, 0.5) is 0 Å². The van der Waals surface area contributed by atoms with E-state index in [4.69, 9.17) is 6.92 Å². The fraction of sp³-hybridized carbons (Fsp3) is 0.917. The molecule has 0 nitrogen and oxygen atoms in total. The number of hydrogen-bond acceptors (Lipinski definition) is 0. The lowest BCUT2D eigenvalue weighted by molar-refractivity contribution is 0.884. The molecular weight excluding hydrogens is 206 g/mol. The van der Waals surface area contributed by atoms with E-state index < -0.39 is 0 Å². The van der Waals surface area contributed by atoms with E-state index in [0.29, 0.717) is 20.7 Å². The maximum absolute atomic E-state index is 4.71. The molecule has 0 saturated carbocycles. The fourth-order valence-electron chi connectivity index (χ4n) is 2.91. The lowest BCUT2D eigenvalue weighted by Crippen LogP contribution is -2.21. The molecule has 0 N–H and O–H groups in total. The van der Waals surface area contributed by atoms with E-state index in [0.717, 1.165) is 0 Å². The monoisotopic (exact) mass is 229 g/mol. The first-order valence-electron chi connectivity index (χ1n) is 6.13. The van der Waals surface area contributed by atoms with Crippen LogP contribution in [0.5, 0.6) is 0 Å². The van der Waals surface area contributed by atoms with Crippen molar-refractivity contribution in [1.29, 1.82) is 0 Å². The summed E-state index contributed by atoms with van der Waals surface area (Å²) in [6.07, 6.45) is 13.6. The standard InChI is InChI=1S/C12H23P2/c1-3-12(2,13-8-4-5-9-13)14-10-6-7-11-14/h2-11H2,1H3. The van der Waals surface area contributed by atoms with Crippen LogP contribution in [-0.2, 0) is 0 Å². The Bertz CT molecular complexity index is 163. The quantitative estimate of drug-likeness (QED) is 0.626. The lowest BCUT2D eigenvalue weighted by Gasteiger charge is -2.41. The molecule has 0 bridgehead atoms. The number of hydrogen-bond donors (Lipinski definition) is 0. The minimum absolute atomic E-state index is 0.316. The van der Waals surface area contributed by atoms with Crippen molar-refractivity contribution in [3.63, 3.8) is 0 Å². The largest absolute Gasteiger partial charge is 0.0959 e. The van der Waals surface area contributed by atoms with Crippen molar-refractivity contribution in [2.45, 2.75) is 43.9 Å². The van der Waals surface area contributed by atoms with Crippen LogP contribution in [-0.4, -0.2) is 29.5 Å². The van der Waals surface area contributed by atoms with Gasteiger partial charge in [0.2, 0.25) is 0 Å². The summed E-state index contributed by atoms with van der Waals surface area (Å²) in [5.74, 6) is 0. The van der Waals surface area contributed by atoms with Crippen LogP contribution in [0.2, 0.25) is 0 Å². The van der Waals surface area contributed by atoms with Crippen LogP contribution in [0.3, 0.4) is 0 Å². The third-order valence-electron chi connectivity index (χ3n) is 3.96. The van der Waals surface area contributed by atoms with Gasteiger partial charge in [-0.15, -0.1) is 0 Å². The molecule has 2 heteroatoms. The van der Waals surface area contributed by atoms with Gasteiger partial charge in [-0.2, -0.15) is 0 Å². The molecule has 81 valence electrons. The minimum Gasteiger partial charge on any atom is -0.0959 e. The normalized spacial score (nSPS) is 26.1. The van der Waals surface area contributed by atoms with Gasteiger partial charge < -0.3 is 0 Å². The van der Waals surface area contributed by atoms with Gasteiger partial charge in [0.1, 0.15) is 0 Å². The molecule has 0 aliphatic carbocycles. The van der Waals surface area contributed by atoms with Gasteiger partial charge in [0.05, 0.1) is 0 Å². The SMILES string of the molecule is [CH2]C(CC)(P1CCCC1)P1CCCC1. The highest BCUT2D eigenvalue weighted by molar-refractivity contribution is 7.77. The van der Waals surface area contributed by atoms with E-state index in [9.17, 15) is 0 Å². The van der Waals surface area contributed by atoms with E-state index in [1.54, 1.807) is 24.6 Å². The second-order valence-corrected chi connectivity index (χ2v) is 10.7. The molecule has 2 fully saturated rings. The Balaban J connectivity index is 2.06. The van der Waals surface area contributed by atoms with Gasteiger partial charge in [-0.25, -0.2) is 0 Å². The summed E-state index contributed by atoms with van der Waals surface area (Å²) in [5.41, 5.74) is 0. The molecule has 2 rings (SSSR count). The summed E-state index contributed by atoms with van der Waals surface area (Å²) in [7, 11) is 0.632. The van der Waals surface area contributed by atoms with Crippen molar-refractivity contribution in [2.75, 3.05) is 24.6 Å². The van der Waals surface area contributed by atoms with Crippen LogP contribution >= 0.6 is 15.8 Å². The zero-order chi connectivity index (χ0) is 10.0. The van der Waals surface area contributed by atoms with Gasteiger partial charge in [-0.1, -0.05) is 22.8 Å². The fourth-order valence-corrected chi connectivity index (χ4v) is 11.1. The average Bonchev–Trinajstić information content (AvgIpc) is 2.88. The van der Waals surface area contributed by atoms with Crippen molar-refractivity contribution in [3.8, 4) is 0 Å². The molecule has 0 unspecified atom stereocenters. The molecule has 1 radical (unpaired) electrons. The van der Waals surface area contributed by atoms with Gasteiger partial charge in [-0.05, 0) is 63.7 Å². The van der Waals surface area contributed by atoms with Gasteiger partial charge in [-0.3, -0.25) is 0 Å². The highest BCUT2D eigenvalue weighted by atomic mass is 31.2. The molecule has 14 heavy (non-hydrogen) atoms. The molecule has 0 amide bonds. The van der Waals surface area contributed by atoms with Crippen molar-refractivity contribution >= 4 is 15.8 Å². The second kappa shape index (κ2) is 4.80. The molecular formula is C12H23P2. The molecule has 2 aliphatic heterocycles. The molecule has 2 saturated heterocycles. The summed E-state index contributed by atoms with van der Waals surface area (Å²) in [6.45, 7) is 7.11. The Labute approximate surface area is 91.7 Å². The Morgan fingerprint density at radius 1 is 0.929 bits per heavy atom. The van der Waals surface area contributed by atoms with Crippen LogP contribution < -0.4 is 0 Å². The van der Waals surface area contributed by atoms with Gasteiger partial charge in [0.25, 0.3) is 0 Å². The van der Waals surface area contributed by atoms with Crippen LogP contribution in [0.25, 0.3) is 0 Å². The van der Waals surface area contributed by atoms with Crippen molar-refractivity contribution in [3.05, 3.63) is 6.92 Å². The molecule has 2 heterocycles. The number of rotatable bonds is 3. The zero-order valence-electron chi connectivity index (χ0n) is 9.47. The van der Waals surface area contributed by atoms with Crippen molar-refractivity contribution < 1.29 is 0 Å². The first-order valence-corrected chi connectivity index (χ1v) is 9.55. The predicted octanol–water partition coefficient (Wildman–Crippen LogP) is 4.48. The van der Waals surface area contributed by atoms with E-state index in [1.165, 1.54) is 32.1 Å². The molecule has 0 aromatic rings. The Hall–Kier alpha value is 0.860. The Morgan fingerprint density at radius 2 is 1.29 bits per heavy atom. The summed E-state index contributed by atoms with van der Waals surface area (Å²) >= 11 is 0. The highest BCUT2D eigenvalue weighted by Gasteiger charge is 2.41. The van der Waals surface area contributed by atoms with Gasteiger partial charge >= 0.3 is 0 Å². The second-order valence-electron chi connectivity index (χ2n) is 4.72. The summed E-state index contributed by atoms with van der Waals surface area (Å²) in [4.78, 5) is 0.581. The van der Waals surface area contributed by atoms with Gasteiger partial charge in [0, 0.05) is 4.90 Å². The molecule has 0 aromatic carbocycles. The third kappa shape index (κ3) is 2.03. The summed E-state index contributed by atoms with van der Waals surface area (Å²) in [5, 5.41) is 0. The predicted molar refractivity (Wildman–Crippen MR) is 70.2 cm³/mol. The average molecular weight is 229 g/mol. The smallest absolute Gasteiger partial charge is 0.0104 e. The van der Waals surface area contributed by atoms with Crippen LogP contribution in [0, 0.1) is 6.92 Å². The molecule has 0 spiro atoms. The van der Waals surface area contributed by atoms with Gasteiger partial charge in [0.15, 0.2) is 0 Å². The zero-order valence-corrected chi connectivity index (χ0v) is 11.3. The topological polar surface area (TPSA) is 0 Å². The maximum Gasteiger partial charge on any atom is 0.0104 e. The first kappa shape index (κ1) is 11.3. The summed E-state index contributed by atoms with van der Waals surface area (Å²) in [6, 6.07) is 0. The molecule has 0 atom stereocenters. The van der Waals surface area contributed by atoms with E-state index in [1.807, 2.05) is 0 Å².